The molecule has 5 N–H and O–H groups in total. The van der Waals surface area contributed by atoms with Gasteiger partial charge in [0.1, 0.15) is 53.6 Å². The minimum Gasteiger partial charge on any atom is -0.491 e. The van der Waals surface area contributed by atoms with Crippen LogP contribution in [0, 0.1) is 23.2 Å². The Hall–Kier alpha value is -4.70. The second kappa shape index (κ2) is 15.9. The van der Waals surface area contributed by atoms with E-state index in [0.717, 1.165) is 18.0 Å². The van der Waals surface area contributed by atoms with Crippen LogP contribution in [0.15, 0.2) is 29.6 Å². The van der Waals surface area contributed by atoms with Gasteiger partial charge >= 0.3 is 12.1 Å². The van der Waals surface area contributed by atoms with E-state index in [0.29, 0.717) is 58.5 Å². The Balaban J connectivity index is 1.19. The zero-order chi connectivity index (χ0) is 40.8. The van der Waals surface area contributed by atoms with Crippen LogP contribution < -0.4 is 25.4 Å². The van der Waals surface area contributed by atoms with Crippen LogP contribution >= 0.6 is 11.3 Å². The minimum atomic E-state index is -1.41. The molecule has 3 aromatic rings. The van der Waals surface area contributed by atoms with E-state index in [-0.39, 0.29) is 44.2 Å². The molecule has 4 fully saturated rings. The number of alkyl carbamates (subject to hydrolysis) is 1. The molecule has 7 rings (SSSR count). The molecule has 3 heterocycles. The smallest absolute Gasteiger partial charge is 0.408 e. The Morgan fingerprint density at radius 1 is 1.04 bits per heavy atom. The quantitative estimate of drug-likeness (QED) is 0.135. The third kappa shape index (κ3) is 8.76. The number of carboxylic acids is 1. The van der Waals surface area contributed by atoms with Crippen LogP contribution in [0.3, 0.4) is 0 Å². The number of aliphatic hydroxyl groups is 1. The number of aliphatic hydroxyl groups excluding tert-OH is 1. The van der Waals surface area contributed by atoms with E-state index in [1.165, 1.54) is 22.7 Å². The Morgan fingerprint density at radius 2 is 1.79 bits per heavy atom. The van der Waals surface area contributed by atoms with Gasteiger partial charge < -0.3 is 45.3 Å². The van der Waals surface area contributed by atoms with Crippen LogP contribution in [0.2, 0.25) is 0 Å². The van der Waals surface area contributed by atoms with Crippen molar-refractivity contribution in [3.63, 3.8) is 0 Å². The van der Waals surface area contributed by atoms with Crippen LogP contribution in [0.25, 0.3) is 22.3 Å². The van der Waals surface area contributed by atoms with Crippen molar-refractivity contribution in [3.05, 3.63) is 29.6 Å². The number of likely N-dealkylation sites (tertiary alicyclic amines) is 1. The van der Waals surface area contributed by atoms with Crippen molar-refractivity contribution in [1.82, 2.24) is 25.5 Å². The zero-order valence-electron chi connectivity index (χ0n) is 33.4. The Morgan fingerprint density at radius 3 is 2.44 bits per heavy atom. The number of hydrogen-bond donors (Lipinski definition) is 5. The number of nitrogens with one attached hydrogen (secondary N) is 3. The summed E-state index contributed by atoms with van der Waals surface area (Å²) in [6.45, 7) is 11.4. The molecule has 1 saturated heterocycles. The molecule has 16 heteroatoms. The average Bonchev–Trinajstić information content (AvgIpc) is 3.82. The number of anilines is 1. The number of aromatic nitrogens is 2. The molecule has 0 spiro atoms. The molecular weight excluding hydrogens is 753 g/mol. The van der Waals surface area contributed by atoms with Gasteiger partial charge in [-0.15, -0.1) is 11.3 Å². The summed E-state index contributed by atoms with van der Waals surface area (Å²) in [4.78, 5) is 65.6. The molecule has 4 aliphatic rings. The third-order valence-corrected chi connectivity index (χ3v) is 12.4. The van der Waals surface area contributed by atoms with Gasteiger partial charge in [-0.25, -0.2) is 19.6 Å². The number of carbonyl (C=O) groups is 4. The van der Waals surface area contributed by atoms with Crippen molar-refractivity contribution in [3.8, 4) is 22.9 Å². The number of amides is 3. The number of carboxylic acid groups (broad SMARTS) is 1. The lowest BCUT2D eigenvalue weighted by Crippen LogP contribution is -2.59. The van der Waals surface area contributed by atoms with Gasteiger partial charge in [-0.05, 0) is 74.8 Å². The van der Waals surface area contributed by atoms with Gasteiger partial charge in [0, 0.05) is 35.4 Å². The van der Waals surface area contributed by atoms with E-state index in [1.807, 2.05) is 46.9 Å². The largest absolute Gasteiger partial charge is 0.491 e. The van der Waals surface area contributed by atoms with Crippen molar-refractivity contribution in [1.29, 1.82) is 0 Å². The number of aliphatic carboxylic acids is 1. The van der Waals surface area contributed by atoms with Crippen LogP contribution in [-0.2, 0) is 19.1 Å². The molecule has 0 radical (unpaired) electrons. The summed E-state index contributed by atoms with van der Waals surface area (Å²) in [7, 11) is 0. The summed E-state index contributed by atoms with van der Waals surface area (Å²) < 4.78 is 18.2. The normalized spacial score (nSPS) is 26.8. The highest BCUT2D eigenvalue weighted by atomic mass is 32.1. The first-order valence-corrected chi connectivity index (χ1v) is 20.9. The number of carbonyl (C=O) groups excluding carboxylic acids is 3. The molecule has 2 unspecified atom stereocenters. The van der Waals surface area contributed by atoms with Crippen LogP contribution in [-0.4, -0.2) is 105 Å². The summed E-state index contributed by atoms with van der Waals surface area (Å²) in [5.74, 6) is -0.277. The molecule has 15 nitrogen and oxygen atoms in total. The monoisotopic (exact) mass is 806 g/mol. The van der Waals surface area contributed by atoms with Crippen molar-refractivity contribution in [2.24, 2.45) is 23.2 Å². The highest BCUT2D eigenvalue weighted by molar-refractivity contribution is 7.14. The fraction of sp³-hybridized carbons (Fsp3) is 0.610. The second-order valence-electron chi connectivity index (χ2n) is 17.3. The first-order valence-electron chi connectivity index (χ1n) is 20.0. The van der Waals surface area contributed by atoms with Crippen molar-refractivity contribution in [2.75, 3.05) is 25.1 Å². The molecule has 1 aromatic carbocycles. The highest BCUT2D eigenvalue weighted by Gasteiger charge is 2.61. The molecule has 3 aliphatic carbocycles. The van der Waals surface area contributed by atoms with Gasteiger partial charge in [0.05, 0.1) is 24.4 Å². The summed E-state index contributed by atoms with van der Waals surface area (Å²) in [6.07, 6.45) is 2.18. The van der Waals surface area contributed by atoms with Crippen LogP contribution in [0.1, 0.15) is 80.1 Å². The number of ether oxygens (including phenoxy) is 3. The van der Waals surface area contributed by atoms with Gasteiger partial charge in [-0.1, -0.05) is 34.1 Å². The summed E-state index contributed by atoms with van der Waals surface area (Å²) in [5.41, 5.74) is -0.490. The first kappa shape index (κ1) is 40.5. The highest BCUT2D eigenvalue weighted by Crippen LogP contribution is 2.52. The maximum Gasteiger partial charge on any atom is 0.408 e. The molecule has 8 atom stereocenters. The first-order chi connectivity index (χ1) is 27.1. The number of hydrogen-bond acceptors (Lipinski definition) is 12. The van der Waals surface area contributed by atoms with E-state index >= 15 is 0 Å². The molecule has 3 amide bonds. The van der Waals surface area contributed by atoms with E-state index in [4.69, 9.17) is 24.2 Å². The molecule has 2 aromatic heterocycles. The maximum absolute atomic E-state index is 14.7. The fourth-order valence-electron chi connectivity index (χ4n) is 8.38. The number of pyridine rings is 1. The van der Waals surface area contributed by atoms with Gasteiger partial charge in [0.2, 0.25) is 11.8 Å². The molecule has 0 bridgehead atoms. The number of nitrogens with zero attached hydrogens (tertiary/aromatic N) is 3. The number of thiazole rings is 1. The number of fused-ring (bicyclic) bond motifs is 2. The lowest BCUT2D eigenvalue weighted by atomic mass is 9.85. The average molecular weight is 807 g/mol. The van der Waals surface area contributed by atoms with Gasteiger partial charge in [0.15, 0.2) is 5.13 Å². The summed E-state index contributed by atoms with van der Waals surface area (Å²) in [6, 6.07) is 5.11. The van der Waals surface area contributed by atoms with E-state index in [2.05, 4.69) is 16.0 Å². The summed E-state index contributed by atoms with van der Waals surface area (Å²) in [5, 5.41) is 31.7. The second-order valence-corrected chi connectivity index (χ2v) is 18.2. The lowest BCUT2D eigenvalue weighted by Gasteiger charge is -2.35. The van der Waals surface area contributed by atoms with Crippen LogP contribution in [0.4, 0.5) is 9.93 Å². The van der Waals surface area contributed by atoms with Gasteiger partial charge in [-0.3, -0.25) is 9.59 Å². The lowest BCUT2D eigenvalue weighted by molar-refractivity contribution is -0.146. The predicted molar refractivity (Wildman–Crippen MR) is 213 cm³/mol. The zero-order valence-corrected chi connectivity index (χ0v) is 34.2. The van der Waals surface area contributed by atoms with E-state index in [1.54, 1.807) is 24.3 Å². The Bertz CT molecular complexity index is 2010. The van der Waals surface area contributed by atoms with Crippen molar-refractivity contribution < 1.29 is 43.6 Å². The third-order valence-electron chi connectivity index (χ3n) is 11.6. The predicted octanol–water partition coefficient (Wildman–Crippen LogP) is 5.21. The Kier molecular flexibility index (Phi) is 11.3. The number of rotatable bonds is 15. The summed E-state index contributed by atoms with van der Waals surface area (Å²) >= 11 is 1.45. The standard InChI is InChI=1S/C41H54N6O9S/c1-7-24-18-41(24,37(51)52)46-35(49)32-16-27(19-47(32)36(50)34(40(4,5)6)45-39(53)56-26-13-22-12-23(22)14-26)55-33-17-30(31-20-57-38(44-31)42-21(2)3)43-29-15-25(54-11-10-48)8-9-28(29)33/h8-9,15,17,20-24,26-27,32,34,48H,7,10-14,16,18-19H2,1-6H3,(H,42,44)(H,45,53)(H,46,49)(H,51,52)/t22-,23+,24?,26+,27?,32-,34+,41+/m0/s1. The minimum absolute atomic E-state index is 0.0144. The van der Waals surface area contributed by atoms with Crippen molar-refractivity contribution >= 4 is 51.2 Å². The fourth-order valence-corrected chi connectivity index (χ4v) is 9.24. The van der Waals surface area contributed by atoms with Gasteiger partial charge in [0.25, 0.3) is 0 Å². The van der Waals surface area contributed by atoms with Crippen molar-refractivity contribution in [2.45, 2.75) is 116 Å². The topological polar surface area (TPSA) is 202 Å². The SMILES string of the molecule is CCC1C[C@]1(NC(=O)[C@@H]1CC(Oc2cc(-c3csc(NC(C)C)n3)nc3cc(OCCO)ccc23)CN1C(=O)[C@@H](NC(=O)O[C@@H]1C[C@@H]2C[C@@H]2C1)C(C)(C)C)C(=O)O. The molecule has 1 aliphatic heterocycles. The van der Waals surface area contributed by atoms with Crippen LogP contribution in [0.5, 0.6) is 11.5 Å². The molecule has 308 valence electrons. The molecular formula is C41H54N6O9S. The molecule has 3 saturated carbocycles. The van der Waals surface area contributed by atoms with Gasteiger partial charge in [-0.2, -0.15) is 0 Å². The van der Waals surface area contributed by atoms with E-state index < -0.39 is 53.0 Å². The number of benzene rings is 1. The molecule has 57 heavy (non-hydrogen) atoms. The van der Waals surface area contributed by atoms with E-state index in [9.17, 15) is 29.4 Å². The Labute approximate surface area is 336 Å². The maximum atomic E-state index is 14.7.